The van der Waals surface area contributed by atoms with E-state index in [0.717, 1.165) is 49.4 Å². The van der Waals surface area contributed by atoms with Gasteiger partial charge in [-0.15, -0.1) is 6.58 Å². The summed E-state index contributed by atoms with van der Waals surface area (Å²) in [6, 6.07) is 15.5. The van der Waals surface area contributed by atoms with E-state index in [4.69, 9.17) is 4.74 Å². The fraction of sp³-hybridized carbons (Fsp3) is 0.360. The second-order valence-electron chi connectivity index (χ2n) is 7.78. The van der Waals surface area contributed by atoms with Gasteiger partial charge in [-0.1, -0.05) is 30.3 Å². The molecule has 0 atom stereocenters. The molecule has 170 valence electrons. The van der Waals surface area contributed by atoms with Crippen LogP contribution in [0.3, 0.4) is 0 Å². The minimum absolute atomic E-state index is 0.0711. The summed E-state index contributed by atoms with van der Waals surface area (Å²) in [5, 5.41) is 8.78. The minimum atomic E-state index is -0.167. The lowest BCUT2D eigenvalue weighted by atomic mass is 10.0. The van der Waals surface area contributed by atoms with Gasteiger partial charge in [-0.25, -0.2) is 4.79 Å². The number of anilines is 1. The molecule has 3 N–H and O–H groups in total. The highest BCUT2D eigenvalue weighted by molar-refractivity contribution is 5.99. The van der Waals surface area contributed by atoms with E-state index in [1.807, 2.05) is 48.5 Å². The lowest BCUT2D eigenvalue weighted by Crippen LogP contribution is -2.48. The van der Waals surface area contributed by atoms with Crippen LogP contribution in [0.2, 0.25) is 0 Å². The molecule has 32 heavy (non-hydrogen) atoms. The molecule has 3 amide bonds. The zero-order valence-electron chi connectivity index (χ0n) is 18.6. The molecule has 0 bridgehead atoms. The van der Waals surface area contributed by atoms with E-state index < -0.39 is 0 Å². The Balaban J connectivity index is 1.52. The Kier molecular flexibility index (Phi) is 8.54. The number of amides is 3. The predicted octanol–water partition coefficient (Wildman–Crippen LogP) is 3.12. The summed E-state index contributed by atoms with van der Waals surface area (Å²) in [7, 11) is 1.65. The highest BCUT2D eigenvalue weighted by atomic mass is 16.5. The third-order valence-corrected chi connectivity index (χ3v) is 5.58. The van der Waals surface area contributed by atoms with E-state index in [1.165, 1.54) is 0 Å². The summed E-state index contributed by atoms with van der Waals surface area (Å²) in [6.45, 7) is 6.17. The van der Waals surface area contributed by atoms with Gasteiger partial charge in [0.25, 0.3) is 5.91 Å². The largest absolute Gasteiger partial charge is 0.497 e. The maximum Gasteiger partial charge on any atom is 0.315 e. The molecular weight excluding hydrogens is 404 g/mol. The Morgan fingerprint density at radius 1 is 1.09 bits per heavy atom. The smallest absolute Gasteiger partial charge is 0.315 e. The maximum absolute atomic E-state index is 12.9. The van der Waals surface area contributed by atoms with Gasteiger partial charge in [0, 0.05) is 37.9 Å². The predicted molar refractivity (Wildman–Crippen MR) is 127 cm³/mol. The number of nitrogens with zero attached hydrogens (tertiary/aromatic N) is 1. The second kappa shape index (κ2) is 11.8. The van der Waals surface area contributed by atoms with Crippen LogP contribution in [-0.4, -0.2) is 51.3 Å². The van der Waals surface area contributed by atoms with Crippen molar-refractivity contribution < 1.29 is 14.3 Å². The minimum Gasteiger partial charge on any atom is -0.497 e. The van der Waals surface area contributed by atoms with Gasteiger partial charge in [-0.05, 0) is 49.1 Å². The summed E-state index contributed by atoms with van der Waals surface area (Å²) in [6.07, 6.45) is 4.06. The van der Waals surface area contributed by atoms with Crippen molar-refractivity contribution in [2.24, 2.45) is 0 Å². The highest BCUT2D eigenvalue weighted by Gasteiger charge is 2.23. The summed E-state index contributed by atoms with van der Waals surface area (Å²) >= 11 is 0. The number of para-hydroxylation sites is 1. The van der Waals surface area contributed by atoms with Crippen molar-refractivity contribution in [1.82, 2.24) is 16.0 Å². The molecule has 1 heterocycles. The second-order valence-corrected chi connectivity index (χ2v) is 7.78. The van der Waals surface area contributed by atoms with Crippen molar-refractivity contribution >= 4 is 17.6 Å². The molecule has 0 aliphatic carbocycles. The number of carbonyl (C=O) groups is 2. The summed E-state index contributed by atoms with van der Waals surface area (Å²) in [4.78, 5) is 27.0. The lowest BCUT2D eigenvalue weighted by molar-refractivity contribution is 0.0954. The van der Waals surface area contributed by atoms with E-state index in [9.17, 15) is 9.59 Å². The molecule has 7 nitrogen and oxygen atoms in total. The first-order valence-electron chi connectivity index (χ1n) is 11.0. The van der Waals surface area contributed by atoms with Crippen LogP contribution in [-0.2, 0) is 6.42 Å². The van der Waals surface area contributed by atoms with Crippen molar-refractivity contribution in [3.05, 3.63) is 72.3 Å². The number of hydrogen-bond donors (Lipinski definition) is 3. The quantitative estimate of drug-likeness (QED) is 0.528. The number of ether oxygens (including phenoxy) is 1. The van der Waals surface area contributed by atoms with Crippen LogP contribution in [0.1, 0.15) is 28.8 Å². The third-order valence-electron chi connectivity index (χ3n) is 5.58. The normalized spacial score (nSPS) is 13.8. The Labute approximate surface area is 189 Å². The zero-order chi connectivity index (χ0) is 22.8. The van der Waals surface area contributed by atoms with Gasteiger partial charge in [-0.2, -0.15) is 0 Å². The molecular formula is C25H32N4O3. The van der Waals surface area contributed by atoms with E-state index >= 15 is 0 Å². The third kappa shape index (κ3) is 6.51. The van der Waals surface area contributed by atoms with Gasteiger partial charge in [0.1, 0.15) is 5.75 Å². The van der Waals surface area contributed by atoms with E-state index in [2.05, 4.69) is 27.4 Å². The first-order chi connectivity index (χ1) is 15.6. The molecule has 1 fully saturated rings. The van der Waals surface area contributed by atoms with Crippen LogP contribution >= 0.6 is 0 Å². The number of urea groups is 1. The maximum atomic E-state index is 12.9. The standard InChI is InChI=1S/C25H32N4O3/c1-3-15-27-25(31)28-20-13-17-29(18-14-20)23-7-5-4-6-22(23)24(30)26-16-12-19-8-10-21(32-2)11-9-19/h3-11,20H,1,12-18H2,2H3,(H,26,30)(H2,27,28,31). The number of benzene rings is 2. The number of piperidine rings is 1. The Morgan fingerprint density at radius 3 is 2.50 bits per heavy atom. The molecule has 7 heteroatoms. The van der Waals surface area contributed by atoms with Gasteiger partial charge in [0.05, 0.1) is 12.7 Å². The van der Waals surface area contributed by atoms with Crippen LogP contribution in [0.5, 0.6) is 5.75 Å². The molecule has 0 radical (unpaired) electrons. The van der Waals surface area contributed by atoms with Gasteiger partial charge in [0.15, 0.2) is 0 Å². The highest BCUT2D eigenvalue weighted by Crippen LogP contribution is 2.24. The Morgan fingerprint density at radius 2 is 1.81 bits per heavy atom. The molecule has 1 aliphatic rings. The first kappa shape index (κ1) is 23.2. The summed E-state index contributed by atoms with van der Waals surface area (Å²) in [5.41, 5.74) is 2.76. The molecule has 2 aromatic carbocycles. The number of rotatable bonds is 9. The average Bonchev–Trinajstić information content (AvgIpc) is 2.83. The van der Waals surface area contributed by atoms with E-state index in [-0.39, 0.29) is 18.0 Å². The van der Waals surface area contributed by atoms with Crippen LogP contribution < -0.4 is 25.6 Å². The van der Waals surface area contributed by atoms with Crippen LogP contribution in [0.25, 0.3) is 0 Å². The van der Waals surface area contributed by atoms with Crippen LogP contribution in [0, 0.1) is 0 Å². The van der Waals surface area contributed by atoms with Crippen molar-refractivity contribution in [1.29, 1.82) is 0 Å². The van der Waals surface area contributed by atoms with Crippen molar-refractivity contribution in [2.45, 2.75) is 25.3 Å². The number of methoxy groups -OCH3 is 1. The van der Waals surface area contributed by atoms with Crippen molar-refractivity contribution in [3.63, 3.8) is 0 Å². The molecule has 0 spiro atoms. The summed E-state index contributed by atoms with van der Waals surface area (Å²) in [5.74, 6) is 0.751. The van der Waals surface area contributed by atoms with Crippen LogP contribution in [0.15, 0.2) is 61.2 Å². The molecule has 0 unspecified atom stereocenters. The molecule has 1 saturated heterocycles. The monoisotopic (exact) mass is 436 g/mol. The fourth-order valence-corrected chi connectivity index (χ4v) is 3.82. The lowest BCUT2D eigenvalue weighted by Gasteiger charge is -2.34. The first-order valence-corrected chi connectivity index (χ1v) is 11.0. The Bertz CT molecular complexity index is 906. The van der Waals surface area contributed by atoms with Gasteiger partial charge >= 0.3 is 6.03 Å². The molecule has 0 saturated carbocycles. The van der Waals surface area contributed by atoms with E-state index in [1.54, 1.807) is 13.2 Å². The van der Waals surface area contributed by atoms with Gasteiger partial charge in [-0.3, -0.25) is 4.79 Å². The fourth-order valence-electron chi connectivity index (χ4n) is 3.82. The molecule has 3 rings (SSSR count). The molecule has 1 aliphatic heterocycles. The number of nitrogens with one attached hydrogen (secondary N) is 3. The average molecular weight is 437 g/mol. The van der Waals surface area contributed by atoms with Gasteiger partial charge in [0.2, 0.25) is 0 Å². The van der Waals surface area contributed by atoms with Crippen molar-refractivity contribution in [3.8, 4) is 5.75 Å². The topological polar surface area (TPSA) is 82.7 Å². The molecule has 0 aromatic heterocycles. The number of hydrogen-bond acceptors (Lipinski definition) is 4. The zero-order valence-corrected chi connectivity index (χ0v) is 18.6. The Hall–Kier alpha value is -3.48. The SMILES string of the molecule is C=CCNC(=O)NC1CCN(c2ccccc2C(=O)NCCc2ccc(OC)cc2)CC1. The van der Waals surface area contributed by atoms with E-state index in [0.29, 0.717) is 18.7 Å². The van der Waals surface area contributed by atoms with Gasteiger partial charge < -0.3 is 25.6 Å². The van der Waals surface area contributed by atoms with Crippen molar-refractivity contribution in [2.75, 3.05) is 38.2 Å². The summed E-state index contributed by atoms with van der Waals surface area (Å²) < 4.78 is 5.18. The van der Waals surface area contributed by atoms with Crippen LogP contribution in [0.4, 0.5) is 10.5 Å². The molecule has 2 aromatic rings. The number of carbonyl (C=O) groups excluding carboxylic acids is 2.